The molecule has 0 aliphatic rings. The number of hydrogen-bond acceptors (Lipinski definition) is 6. The second-order valence-electron chi connectivity index (χ2n) is 14.2. The molecule has 50 heavy (non-hydrogen) atoms. The van der Waals surface area contributed by atoms with E-state index >= 15 is 0 Å². The predicted octanol–water partition coefficient (Wildman–Crippen LogP) is 11.8. The van der Waals surface area contributed by atoms with E-state index in [-0.39, 0.29) is 31.3 Å². The van der Waals surface area contributed by atoms with Crippen molar-refractivity contribution in [2.45, 2.75) is 200 Å². The fourth-order valence-corrected chi connectivity index (χ4v) is 5.60. The number of hydrogen-bond donors (Lipinski definition) is 2. The highest BCUT2D eigenvalue weighted by molar-refractivity contribution is 5.69. The van der Waals surface area contributed by atoms with Gasteiger partial charge in [0.2, 0.25) is 0 Å². The summed E-state index contributed by atoms with van der Waals surface area (Å²) in [5, 5.41) is 19.8. The van der Waals surface area contributed by atoms with Gasteiger partial charge in [-0.25, -0.2) is 0 Å². The Hall–Kier alpha value is -2.18. The van der Waals surface area contributed by atoms with Crippen LogP contribution in [0.2, 0.25) is 0 Å². The number of allylic oxidation sites excluding steroid dienone is 7. The van der Waals surface area contributed by atoms with Crippen molar-refractivity contribution >= 4 is 11.9 Å². The number of carbonyl (C=O) groups excluding carboxylic acids is 2. The first-order valence-electron chi connectivity index (χ1n) is 20.7. The predicted molar refractivity (Wildman–Crippen MR) is 211 cm³/mol. The highest BCUT2D eigenvalue weighted by atomic mass is 16.6. The Morgan fingerprint density at radius 1 is 0.540 bits per heavy atom. The molecular formula is C44H78O6. The van der Waals surface area contributed by atoms with E-state index in [9.17, 15) is 19.8 Å². The minimum Gasteiger partial charge on any atom is -0.463 e. The average molecular weight is 703 g/mol. The zero-order valence-corrected chi connectivity index (χ0v) is 32.7. The van der Waals surface area contributed by atoms with Crippen LogP contribution in [0.3, 0.4) is 0 Å². The van der Waals surface area contributed by atoms with Crippen LogP contribution in [-0.2, 0) is 19.1 Å². The number of aliphatic hydroxyl groups is 2. The van der Waals surface area contributed by atoms with Crippen molar-refractivity contribution in [1.29, 1.82) is 0 Å². The molecule has 0 aliphatic heterocycles. The normalized spacial score (nSPS) is 13.9. The maximum absolute atomic E-state index is 12.0. The molecule has 0 bridgehead atoms. The summed E-state index contributed by atoms with van der Waals surface area (Å²) in [6, 6.07) is 0. The summed E-state index contributed by atoms with van der Waals surface area (Å²) in [6.07, 6.45) is 43.6. The smallest absolute Gasteiger partial charge is 0.305 e. The van der Waals surface area contributed by atoms with E-state index in [0.717, 1.165) is 70.1 Å². The van der Waals surface area contributed by atoms with Crippen molar-refractivity contribution in [2.24, 2.45) is 5.92 Å². The number of rotatable bonds is 36. The third-order valence-corrected chi connectivity index (χ3v) is 9.18. The molecule has 0 aromatic rings. The minimum absolute atomic E-state index is 0.142. The maximum atomic E-state index is 12.0. The molecule has 0 aliphatic carbocycles. The largest absolute Gasteiger partial charge is 0.463 e. The molecule has 1 unspecified atom stereocenters. The summed E-state index contributed by atoms with van der Waals surface area (Å²) in [5.41, 5.74) is 0. The monoisotopic (exact) mass is 703 g/mol. The Morgan fingerprint density at radius 3 is 1.48 bits per heavy atom. The maximum Gasteiger partial charge on any atom is 0.305 e. The quantitative estimate of drug-likeness (QED) is 0.0383. The Kier molecular flexibility index (Phi) is 36.4. The van der Waals surface area contributed by atoms with Crippen LogP contribution in [0.25, 0.3) is 0 Å². The molecule has 2 N–H and O–H groups in total. The number of aliphatic hydroxyl groups excluding tert-OH is 2. The third kappa shape index (κ3) is 37.1. The van der Waals surface area contributed by atoms with Gasteiger partial charge in [0.1, 0.15) is 19.3 Å². The zero-order chi connectivity index (χ0) is 36.8. The number of unbranched alkanes of at least 4 members (excludes halogenated alkanes) is 15. The van der Waals surface area contributed by atoms with Crippen LogP contribution in [0.4, 0.5) is 0 Å². The zero-order valence-electron chi connectivity index (χ0n) is 32.7. The van der Waals surface area contributed by atoms with Gasteiger partial charge in [-0.15, -0.1) is 0 Å². The van der Waals surface area contributed by atoms with Gasteiger partial charge in [-0.3, -0.25) is 9.59 Å². The number of carbonyl (C=O) groups is 2. The summed E-state index contributed by atoms with van der Waals surface area (Å²) in [6.45, 7) is 6.49. The van der Waals surface area contributed by atoms with Gasteiger partial charge < -0.3 is 19.7 Å². The van der Waals surface area contributed by atoms with Crippen molar-refractivity contribution in [3.8, 4) is 0 Å². The molecule has 0 saturated carbocycles. The van der Waals surface area contributed by atoms with Crippen molar-refractivity contribution < 1.29 is 29.3 Å². The summed E-state index contributed by atoms with van der Waals surface area (Å²) in [7, 11) is 0. The van der Waals surface area contributed by atoms with E-state index in [1.165, 1.54) is 83.5 Å². The molecule has 0 rings (SSSR count). The van der Waals surface area contributed by atoms with Crippen LogP contribution in [0, 0.1) is 5.92 Å². The van der Waals surface area contributed by atoms with E-state index in [0.29, 0.717) is 19.3 Å². The summed E-state index contributed by atoms with van der Waals surface area (Å²) in [4.78, 5) is 23.9. The van der Waals surface area contributed by atoms with Crippen LogP contribution >= 0.6 is 0 Å². The van der Waals surface area contributed by atoms with Crippen LogP contribution in [-0.4, -0.2) is 47.6 Å². The van der Waals surface area contributed by atoms with Gasteiger partial charge in [-0.1, -0.05) is 179 Å². The first-order valence-corrected chi connectivity index (χ1v) is 20.7. The molecule has 0 radical (unpaired) electrons. The molecule has 6 nitrogen and oxygen atoms in total. The van der Waals surface area contributed by atoms with Gasteiger partial charge in [0.05, 0.1) is 6.10 Å². The highest BCUT2D eigenvalue weighted by Crippen LogP contribution is 2.16. The third-order valence-electron chi connectivity index (χ3n) is 9.18. The number of ether oxygens (including phenoxy) is 2. The van der Waals surface area contributed by atoms with E-state index in [4.69, 9.17) is 9.47 Å². The first kappa shape index (κ1) is 47.8. The summed E-state index contributed by atoms with van der Waals surface area (Å²) >= 11 is 0. The van der Waals surface area contributed by atoms with Crippen LogP contribution in [0.5, 0.6) is 0 Å². The molecule has 0 aromatic carbocycles. The van der Waals surface area contributed by atoms with Gasteiger partial charge >= 0.3 is 11.9 Å². The van der Waals surface area contributed by atoms with Gasteiger partial charge in [0.15, 0.2) is 0 Å². The molecule has 0 saturated heterocycles. The van der Waals surface area contributed by atoms with Gasteiger partial charge in [0, 0.05) is 12.8 Å². The fraction of sp³-hybridized carbons (Fsp3) is 0.773. The topological polar surface area (TPSA) is 93.1 Å². The lowest BCUT2D eigenvalue weighted by Gasteiger charge is -2.12. The van der Waals surface area contributed by atoms with Crippen LogP contribution in [0.15, 0.2) is 48.6 Å². The summed E-state index contributed by atoms with van der Waals surface area (Å²) in [5.74, 6) is 0.249. The van der Waals surface area contributed by atoms with E-state index in [1.807, 2.05) is 12.2 Å². The molecule has 3 atom stereocenters. The highest BCUT2D eigenvalue weighted by Gasteiger charge is 2.12. The molecule has 0 aromatic heterocycles. The van der Waals surface area contributed by atoms with Crippen molar-refractivity contribution in [3.05, 3.63) is 48.6 Å². The Morgan fingerprint density at radius 2 is 0.980 bits per heavy atom. The van der Waals surface area contributed by atoms with E-state index in [1.54, 1.807) is 0 Å². The van der Waals surface area contributed by atoms with Gasteiger partial charge in [0.25, 0.3) is 0 Å². The lowest BCUT2D eigenvalue weighted by atomic mass is 9.99. The van der Waals surface area contributed by atoms with Crippen LogP contribution < -0.4 is 0 Å². The SMILES string of the molecule is CCCC[C@H](O)/C=C\C/C=C\C/C=C\C/C=C\CCCC(=O)OC[C@H](O)COC(=O)CCCCCCCCCCCCCCCCC(C)CC. The second kappa shape index (κ2) is 38.1. The molecule has 0 amide bonds. The second-order valence-corrected chi connectivity index (χ2v) is 14.2. The van der Waals surface area contributed by atoms with Crippen molar-refractivity contribution in [2.75, 3.05) is 13.2 Å². The lowest BCUT2D eigenvalue weighted by Crippen LogP contribution is -2.25. The van der Waals surface area contributed by atoms with E-state index < -0.39 is 6.10 Å². The Bertz CT molecular complexity index is 876. The number of esters is 2. The van der Waals surface area contributed by atoms with Gasteiger partial charge in [-0.2, -0.15) is 0 Å². The van der Waals surface area contributed by atoms with Gasteiger partial charge in [-0.05, 0) is 50.9 Å². The first-order chi connectivity index (χ1) is 24.4. The Balaban J connectivity index is 3.55. The molecule has 0 heterocycles. The van der Waals surface area contributed by atoms with E-state index in [2.05, 4.69) is 57.2 Å². The summed E-state index contributed by atoms with van der Waals surface area (Å²) < 4.78 is 10.3. The average Bonchev–Trinajstić information content (AvgIpc) is 3.11. The molecule has 0 fully saturated rings. The molecule has 290 valence electrons. The molecule has 6 heteroatoms. The minimum atomic E-state index is -0.996. The fourth-order valence-electron chi connectivity index (χ4n) is 5.60. The lowest BCUT2D eigenvalue weighted by molar-refractivity contribution is -0.152. The van der Waals surface area contributed by atoms with Crippen molar-refractivity contribution in [3.63, 3.8) is 0 Å². The standard InChI is InChI=1S/C44H78O6/c1-4-6-34-41(45)35-30-26-22-18-14-11-12-16-20-24-28-32-37-44(48)50-39-42(46)38-49-43(47)36-31-27-23-19-15-10-8-7-9-13-17-21-25-29-33-40(3)5-2/h11-12,18,20,22,24,30,35,40-42,45-46H,4-10,13-17,19,21,23,25-29,31-34,36-39H2,1-3H3/b12-11-,22-18-,24-20-,35-30-/t40?,41-,42+/m0/s1. The molecular weight excluding hydrogens is 624 g/mol. The van der Waals surface area contributed by atoms with Crippen LogP contribution in [0.1, 0.15) is 188 Å². The Labute approximate surface area is 308 Å². The van der Waals surface area contributed by atoms with Crippen molar-refractivity contribution in [1.82, 2.24) is 0 Å². The molecule has 0 spiro atoms.